The minimum atomic E-state index is -0.473. The summed E-state index contributed by atoms with van der Waals surface area (Å²) in [6, 6.07) is 12.2. The van der Waals surface area contributed by atoms with Gasteiger partial charge in [0.2, 0.25) is 0 Å². The molecule has 2 aromatic carbocycles. The van der Waals surface area contributed by atoms with Crippen LogP contribution < -0.4 is 4.74 Å². The van der Waals surface area contributed by atoms with E-state index in [1.165, 1.54) is 16.7 Å². The fourth-order valence-electron chi connectivity index (χ4n) is 4.49. The van der Waals surface area contributed by atoms with E-state index >= 15 is 0 Å². The molecule has 2 aromatic rings. The van der Waals surface area contributed by atoms with Crippen LogP contribution in [-0.2, 0) is 0 Å². The second kappa shape index (κ2) is 7.51. The number of β-amino-alcohol motifs (C(OH)–C–C–N with tert-alkyl or cyclic N) is 1. The number of piperidine rings is 1. The molecule has 0 radical (unpaired) electrons. The zero-order valence-electron chi connectivity index (χ0n) is 17.1. The van der Waals surface area contributed by atoms with Gasteiger partial charge in [0.15, 0.2) is 0 Å². The van der Waals surface area contributed by atoms with Crippen molar-refractivity contribution in [2.24, 2.45) is 0 Å². The number of likely N-dealkylation sites (tertiary alicyclic amines) is 1. The average molecular weight is 382 g/mol. The number of aliphatic hydroxyl groups is 2. The molecular weight excluding hydrogens is 350 g/mol. The fraction of sp³-hybridized carbons (Fsp3) is 0.500. The smallest absolute Gasteiger partial charge is 0.126 e. The van der Waals surface area contributed by atoms with Crippen LogP contribution in [0.1, 0.15) is 59.3 Å². The first-order chi connectivity index (χ1) is 13.3. The summed E-state index contributed by atoms with van der Waals surface area (Å²) >= 11 is 0. The molecule has 2 atom stereocenters. The van der Waals surface area contributed by atoms with Gasteiger partial charge in [0.25, 0.3) is 0 Å². The lowest BCUT2D eigenvalue weighted by atomic mass is 9.81. The molecule has 1 saturated heterocycles. The summed E-state index contributed by atoms with van der Waals surface area (Å²) in [4.78, 5) is 2.31. The lowest BCUT2D eigenvalue weighted by Crippen LogP contribution is -2.51. The Morgan fingerprint density at radius 2 is 1.71 bits per heavy atom. The summed E-state index contributed by atoms with van der Waals surface area (Å²) in [6.45, 7) is 8.59. The third kappa shape index (κ3) is 3.82. The van der Waals surface area contributed by atoms with Crippen LogP contribution in [0, 0.1) is 20.8 Å². The van der Waals surface area contributed by atoms with E-state index in [4.69, 9.17) is 4.74 Å². The SMILES string of the molecule is Cc1ccc(C(O)CN2CCC3(CC2)CC(O)c2cc(C)c(C)cc2O3)cc1. The number of hydrogen-bond donors (Lipinski definition) is 2. The largest absolute Gasteiger partial charge is 0.487 e. The van der Waals surface area contributed by atoms with Crippen LogP contribution in [-0.4, -0.2) is 40.3 Å². The Bertz CT molecular complexity index is 838. The molecule has 2 aliphatic heterocycles. The van der Waals surface area contributed by atoms with Crippen molar-refractivity contribution in [2.75, 3.05) is 19.6 Å². The molecule has 1 spiro atoms. The number of ether oxygens (including phenoxy) is 1. The Kier molecular flexibility index (Phi) is 5.21. The molecule has 2 unspecified atom stereocenters. The Balaban J connectivity index is 1.41. The van der Waals surface area contributed by atoms with Gasteiger partial charge in [-0.3, -0.25) is 0 Å². The maximum absolute atomic E-state index is 10.7. The van der Waals surface area contributed by atoms with E-state index in [0.717, 1.165) is 42.8 Å². The van der Waals surface area contributed by atoms with Crippen LogP contribution in [0.25, 0.3) is 0 Å². The monoisotopic (exact) mass is 381 g/mol. The Morgan fingerprint density at radius 3 is 2.39 bits per heavy atom. The third-order valence-corrected chi connectivity index (χ3v) is 6.54. The van der Waals surface area contributed by atoms with Crippen molar-refractivity contribution in [1.82, 2.24) is 4.90 Å². The highest BCUT2D eigenvalue weighted by atomic mass is 16.5. The number of hydrogen-bond acceptors (Lipinski definition) is 4. The van der Waals surface area contributed by atoms with Crippen molar-refractivity contribution >= 4 is 0 Å². The van der Waals surface area contributed by atoms with Crippen LogP contribution >= 0.6 is 0 Å². The summed E-state index contributed by atoms with van der Waals surface area (Å²) in [6.07, 6.45) is 1.46. The van der Waals surface area contributed by atoms with E-state index in [1.807, 2.05) is 24.3 Å². The van der Waals surface area contributed by atoms with Crippen molar-refractivity contribution in [3.8, 4) is 5.75 Å². The molecule has 0 saturated carbocycles. The summed E-state index contributed by atoms with van der Waals surface area (Å²) in [7, 11) is 0. The number of rotatable bonds is 3. The van der Waals surface area contributed by atoms with Crippen molar-refractivity contribution in [3.05, 3.63) is 64.2 Å². The van der Waals surface area contributed by atoms with Gasteiger partial charge in [0, 0.05) is 31.6 Å². The highest BCUT2D eigenvalue weighted by Crippen LogP contribution is 2.45. The number of aryl methyl sites for hydroxylation is 3. The molecule has 4 heteroatoms. The lowest BCUT2D eigenvalue weighted by molar-refractivity contribution is -0.0588. The van der Waals surface area contributed by atoms with Crippen molar-refractivity contribution < 1.29 is 14.9 Å². The first-order valence-electron chi connectivity index (χ1n) is 10.3. The summed E-state index contributed by atoms with van der Waals surface area (Å²) in [5, 5.41) is 21.3. The highest BCUT2D eigenvalue weighted by molar-refractivity contribution is 5.45. The predicted molar refractivity (Wildman–Crippen MR) is 111 cm³/mol. The van der Waals surface area contributed by atoms with E-state index in [9.17, 15) is 10.2 Å². The van der Waals surface area contributed by atoms with Crippen molar-refractivity contribution in [1.29, 1.82) is 0 Å². The first kappa shape index (κ1) is 19.4. The van der Waals surface area contributed by atoms with E-state index in [2.05, 4.69) is 37.8 Å². The van der Waals surface area contributed by atoms with Gasteiger partial charge >= 0.3 is 0 Å². The van der Waals surface area contributed by atoms with Gasteiger partial charge in [-0.2, -0.15) is 0 Å². The minimum Gasteiger partial charge on any atom is -0.487 e. The second-order valence-corrected chi connectivity index (χ2v) is 8.71. The minimum absolute atomic E-state index is 0.292. The van der Waals surface area contributed by atoms with Gasteiger partial charge in [0.05, 0.1) is 12.2 Å². The van der Waals surface area contributed by atoms with Crippen molar-refractivity contribution in [3.63, 3.8) is 0 Å². The maximum atomic E-state index is 10.7. The van der Waals surface area contributed by atoms with Crippen molar-refractivity contribution in [2.45, 2.75) is 57.8 Å². The van der Waals surface area contributed by atoms with Crippen LogP contribution in [0.15, 0.2) is 36.4 Å². The molecule has 1 fully saturated rings. The molecule has 2 heterocycles. The fourth-order valence-corrected chi connectivity index (χ4v) is 4.49. The summed E-state index contributed by atoms with van der Waals surface area (Å²) in [5.41, 5.74) is 5.19. The molecule has 2 aliphatic rings. The van der Waals surface area contributed by atoms with Crippen LogP contribution in [0.4, 0.5) is 0 Å². The number of benzene rings is 2. The van der Waals surface area contributed by atoms with E-state index < -0.39 is 12.2 Å². The summed E-state index contributed by atoms with van der Waals surface area (Å²) in [5.74, 6) is 0.843. The van der Waals surface area contributed by atoms with Gasteiger partial charge < -0.3 is 19.8 Å². The number of nitrogens with zero attached hydrogens (tertiary/aromatic N) is 1. The van der Waals surface area contributed by atoms with Crippen LogP contribution in [0.5, 0.6) is 5.75 Å². The zero-order chi connectivity index (χ0) is 19.9. The zero-order valence-corrected chi connectivity index (χ0v) is 17.1. The quantitative estimate of drug-likeness (QED) is 0.844. The number of aliphatic hydroxyl groups excluding tert-OH is 2. The molecule has 0 amide bonds. The average Bonchev–Trinajstić information content (AvgIpc) is 2.66. The molecule has 150 valence electrons. The van der Waals surface area contributed by atoms with E-state index in [0.29, 0.717) is 13.0 Å². The first-order valence-corrected chi connectivity index (χ1v) is 10.3. The molecule has 0 bridgehead atoms. The predicted octanol–water partition coefficient (Wildman–Crippen LogP) is 4.00. The molecule has 28 heavy (non-hydrogen) atoms. The third-order valence-electron chi connectivity index (χ3n) is 6.54. The topological polar surface area (TPSA) is 52.9 Å². The van der Waals surface area contributed by atoms with Crippen LogP contribution in [0.2, 0.25) is 0 Å². The van der Waals surface area contributed by atoms with E-state index in [1.54, 1.807) is 0 Å². The standard InChI is InChI=1S/C24H31NO3/c1-16-4-6-19(7-5-16)22(27)15-25-10-8-24(9-11-25)14-21(26)20-12-17(2)18(3)13-23(20)28-24/h4-7,12-13,21-22,26-27H,8-11,14-15H2,1-3H3. The van der Waals surface area contributed by atoms with E-state index in [-0.39, 0.29) is 5.60 Å². The summed E-state index contributed by atoms with van der Waals surface area (Å²) < 4.78 is 6.47. The Hall–Kier alpha value is -1.88. The molecule has 4 nitrogen and oxygen atoms in total. The van der Waals surface area contributed by atoms with Gasteiger partial charge in [0.1, 0.15) is 11.4 Å². The molecule has 0 aliphatic carbocycles. The molecule has 0 aromatic heterocycles. The Morgan fingerprint density at radius 1 is 1.07 bits per heavy atom. The van der Waals surface area contributed by atoms with Gasteiger partial charge in [-0.1, -0.05) is 29.8 Å². The molecule has 4 rings (SSSR count). The van der Waals surface area contributed by atoms with Gasteiger partial charge in [-0.05, 0) is 62.4 Å². The highest BCUT2D eigenvalue weighted by Gasteiger charge is 2.43. The molecular formula is C24H31NO3. The number of fused-ring (bicyclic) bond motifs is 1. The Labute approximate surface area is 167 Å². The lowest BCUT2D eigenvalue weighted by Gasteiger charge is -2.46. The molecule has 2 N–H and O–H groups in total. The van der Waals surface area contributed by atoms with Gasteiger partial charge in [-0.25, -0.2) is 0 Å². The van der Waals surface area contributed by atoms with Crippen LogP contribution in [0.3, 0.4) is 0 Å². The van der Waals surface area contributed by atoms with Gasteiger partial charge in [-0.15, -0.1) is 0 Å². The normalized spacial score (nSPS) is 22.5. The maximum Gasteiger partial charge on any atom is 0.126 e. The second-order valence-electron chi connectivity index (χ2n) is 8.71.